The van der Waals surface area contributed by atoms with Gasteiger partial charge in [-0.05, 0) is 29.9 Å². The molecule has 0 unspecified atom stereocenters. The minimum Gasteiger partial charge on any atom is -0.343 e. The molecule has 0 atom stereocenters. The van der Waals surface area contributed by atoms with Crippen LogP contribution in [0.1, 0.15) is 50.7 Å². The fourth-order valence-corrected chi connectivity index (χ4v) is 2.72. The van der Waals surface area contributed by atoms with Crippen LogP contribution in [-0.2, 0) is 11.3 Å². The van der Waals surface area contributed by atoms with E-state index in [-0.39, 0.29) is 5.91 Å². The lowest BCUT2D eigenvalue weighted by molar-refractivity contribution is -0.129. The lowest BCUT2D eigenvalue weighted by atomic mass is 10.0. The van der Waals surface area contributed by atoms with Crippen LogP contribution in [0.4, 0.5) is 0 Å². The fourth-order valence-electron chi connectivity index (χ4n) is 2.72. The normalized spacial score (nSPS) is 16.7. The van der Waals surface area contributed by atoms with Gasteiger partial charge in [-0.2, -0.15) is 0 Å². The largest absolute Gasteiger partial charge is 0.343 e. The van der Waals surface area contributed by atoms with E-state index in [2.05, 4.69) is 43.4 Å². The average molecular weight is 274 g/mol. The van der Waals surface area contributed by atoms with E-state index in [0.717, 1.165) is 32.5 Å². The van der Waals surface area contributed by atoms with Gasteiger partial charge >= 0.3 is 0 Å². The number of nitrogens with zero attached hydrogens (tertiary/aromatic N) is 1. The van der Waals surface area contributed by atoms with Gasteiger partial charge < -0.3 is 10.2 Å². The standard InChI is InChI=1S/C17H26N2O/c1-13(2)16-6-4-5-15(11-16)12-18-17-7-9-19(10-8-17)14(3)20/h4-6,11,13,17-18H,7-10,12H2,1-3H3. The zero-order valence-electron chi connectivity index (χ0n) is 12.9. The topological polar surface area (TPSA) is 32.3 Å². The van der Waals surface area contributed by atoms with Crippen molar-refractivity contribution in [2.75, 3.05) is 13.1 Å². The van der Waals surface area contributed by atoms with Crippen molar-refractivity contribution < 1.29 is 4.79 Å². The first kappa shape index (κ1) is 15.0. The third-order valence-corrected chi connectivity index (χ3v) is 4.15. The molecule has 1 heterocycles. The highest BCUT2D eigenvalue weighted by Crippen LogP contribution is 2.16. The second-order valence-corrected chi connectivity index (χ2v) is 6.06. The molecule has 3 nitrogen and oxygen atoms in total. The Morgan fingerprint density at radius 3 is 2.65 bits per heavy atom. The summed E-state index contributed by atoms with van der Waals surface area (Å²) in [6.45, 7) is 8.81. The molecular formula is C17H26N2O. The van der Waals surface area contributed by atoms with E-state index >= 15 is 0 Å². The Morgan fingerprint density at radius 2 is 2.05 bits per heavy atom. The fraction of sp³-hybridized carbons (Fsp3) is 0.588. The van der Waals surface area contributed by atoms with E-state index in [9.17, 15) is 4.79 Å². The number of nitrogens with one attached hydrogen (secondary N) is 1. The van der Waals surface area contributed by atoms with Gasteiger partial charge in [-0.3, -0.25) is 4.79 Å². The predicted molar refractivity (Wildman–Crippen MR) is 82.6 cm³/mol. The van der Waals surface area contributed by atoms with Crippen molar-refractivity contribution in [1.29, 1.82) is 0 Å². The number of benzene rings is 1. The van der Waals surface area contributed by atoms with Crippen molar-refractivity contribution in [2.45, 2.75) is 52.1 Å². The van der Waals surface area contributed by atoms with Gasteiger partial charge in [-0.25, -0.2) is 0 Å². The van der Waals surface area contributed by atoms with E-state index in [1.54, 1.807) is 6.92 Å². The summed E-state index contributed by atoms with van der Waals surface area (Å²) in [5.41, 5.74) is 2.75. The van der Waals surface area contributed by atoms with Crippen LogP contribution < -0.4 is 5.32 Å². The second kappa shape index (κ2) is 6.89. The van der Waals surface area contributed by atoms with E-state index in [0.29, 0.717) is 12.0 Å². The SMILES string of the molecule is CC(=O)N1CCC(NCc2cccc(C(C)C)c2)CC1. The van der Waals surface area contributed by atoms with Gasteiger partial charge in [0.2, 0.25) is 5.91 Å². The lowest BCUT2D eigenvalue weighted by Crippen LogP contribution is -2.43. The first-order valence-electron chi connectivity index (χ1n) is 7.64. The van der Waals surface area contributed by atoms with Crippen LogP contribution in [-0.4, -0.2) is 29.9 Å². The number of carbonyl (C=O) groups is 1. The Hall–Kier alpha value is -1.35. The van der Waals surface area contributed by atoms with Crippen LogP contribution in [0, 0.1) is 0 Å². The van der Waals surface area contributed by atoms with Gasteiger partial charge in [0.05, 0.1) is 0 Å². The zero-order valence-corrected chi connectivity index (χ0v) is 12.9. The van der Waals surface area contributed by atoms with Crippen LogP contribution in [0.3, 0.4) is 0 Å². The molecule has 2 rings (SSSR count). The molecule has 1 amide bonds. The maximum absolute atomic E-state index is 11.3. The van der Waals surface area contributed by atoms with Crippen LogP contribution in [0.15, 0.2) is 24.3 Å². The summed E-state index contributed by atoms with van der Waals surface area (Å²) >= 11 is 0. The first-order valence-corrected chi connectivity index (χ1v) is 7.64. The average Bonchev–Trinajstić information content (AvgIpc) is 2.46. The van der Waals surface area contributed by atoms with Crippen molar-refractivity contribution >= 4 is 5.91 Å². The molecule has 1 aliphatic heterocycles. The molecule has 1 fully saturated rings. The Balaban J connectivity index is 1.81. The molecule has 0 radical (unpaired) electrons. The molecule has 1 aromatic rings. The van der Waals surface area contributed by atoms with E-state index in [1.807, 2.05) is 4.90 Å². The molecule has 0 aliphatic carbocycles. The number of hydrogen-bond donors (Lipinski definition) is 1. The summed E-state index contributed by atoms with van der Waals surface area (Å²) in [4.78, 5) is 13.2. The maximum atomic E-state index is 11.3. The summed E-state index contributed by atoms with van der Waals surface area (Å²) in [5, 5.41) is 3.63. The number of rotatable bonds is 4. The number of carbonyl (C=O) groups excluding carboxylic acids is 1. The molecule has 1 aliphatic rings. The smallest absolute Gasteiger partial charge is 0.219 e. The summed E-state index contributed by atoms with van der Waals surface area (Å²) in [6.07, 6.45) is 2.12. The van der Waals surface area contributed by atoms with Gasteiger partial charge in [0.15, 0.2) is 0 Å². The van der Waals surface area contributed by atoms with Gasteiger partial charge in [-0.1, -0.05) is 38.1 Å². The Morgan fingerprint density at radius 1 is 1.35 bits per heavy atom. The zero-order chi connectivity index (χ0) is 14.5. The molecule has 1 aromatic carbocycles. The monoisotopic (exact) mass is 274 g/mol. The highest BCUT2D eigenvalue weighted by Gasteiger charge is 2.19. The summed E-state index contributed by atoms with van der Waals surface area (Å²) in [5.74, 6) is 0.779. The van der Waals surface area contributed by atoms with Gasteiger partial charge in [0, 0.05) is 32.6 Å². The summed E-state index contributed by atoms with van der Waals surface area (Å²) in [7, 11) is 0. The van der Waals surface area contributed by atoms with Crippen molar-refractivity contribution in [3.05, 3.63) is 35.4 Å². The highest BCUT2D eigenvalue weighted by molar-refractivity contribution is 5.73. The van der Waals surface area contributed by atoms with Crippen LogP contribution in [0.2, 0.25) is 0 Å². The van der Waals surface area contributed by atoms with Gasteiger partial charge in [0.25, 0.3) is 0 Å². The molecule has 0 bridgehead atoms. The number of likely N-dealkylation sites (tertiary alicyclic amines) is 1. The van der Waals surface area contributed by atoms with Gasteiger partial charge in [0.1, 0.15) is 0 Å². The van der Waals surface area contributed by atoms with Crippen LogP contribution in [0.25, 0.3) is 0 Å². The van der Waals surface area contributed by atoms with E-state index in [4.69, 9.17) is 0 Å². The molecule has 1 N–H and O–H groups in total. The molecule has 3 heteroatoms. The Bertz CT molecular complexity index is 448. The number of piperidine rings is 1. The Labute approximate surface area is 122 Å². The molecule has 110 valence electrons. The van der Waals surface area contributed by atoms with Gasteiger partial charge in [-0.15, -0.1) is 0 Å². The van der Waals surface area contributed by atoms with E-state index < -0.39 is 0 Å². The predicted octanol–water partition coefficient (Wildman–Crippen LogP) is 2.91. The summed E-state index contributed by atoms with van der Waals surface area (Å²) < 4.78 is 0. The molecule has 0 spiro atoms. The minimum atomic E-state index is 0.202. The van der Waals surface area contributed by atoms with Crippen molar-refractivity contribution in [1.82, 2.24) is 10.2 Å². The first-order chi connectivity index (χ1) is 9.56. The third-order valence-electron chi connectivity index (χ3n) is 4.15. The molecule has 20 heavy (non-hydrogen) atoms. The minimum absolute atomic E-state index is 0.202. The molecular weight excluding hydrogens is 248 g/mol. The second-order valence-electron chi connectivity index (χ2n) is 6.06. The molecule has 0 aromatic heterocycles. The van der Waals surface area contributed by atoms with Crippen LogP contribution in [0.5, 0.6) is 0 Å². The summed E-state index contributed by atoms with van der Waals surface area (Å²) in [6, 6.07) is 9.35. The Kier molecular flexibility index (Phi) is 5.18. The number of hydrogen-bond acceptors (Lipinski definition) is 2. The van der Waals surface area contributed by atoms with Crippen molar-refractivity contribution in [2.24, 2.45) is 0 Å². The maximum Gasteiger partial charge on any atom is 0.219 e. The molecule has 0 saturated carbocycles. The third kappa shape index (κ3) is 4.07. The lowest BCUT2D eigenvalue weighted by Gasteiger charge is -2.31. The quantitative estimate of drug-likeness (QED) is 0.915. The number of amides is 1. The van der Waals surface area contributed by atoms with Crippen molar-refractivity contribution in [3.63, 3.8) is 0 Å². The van der Waals surface area contributed by atoms with Crippen molar-refractivity contribution in [3.8, 4) is 0 Å². The van der Waals surface area contributed by atoms with E-state index in [1.165, 1.54) is 11.1 Å². The highest BCUT2D eigenvalue weighted by atomic mass is 16.2. The molecule has 1 saturated heterocycles. The van der Waals surface area contributed by atoms with Crippen LogP contribution >= 0.6 is 0 Å².